The van der Waals surface area contributed by atoms with Gasteiger partial charge in [0.25, 0.3) is 0 Å². The Kier molecular flexibility index (Phi) is 40.8. The first kappa shape index (κ1) is 50.1. The van der Waals surface area contributed by atoms with Gasteiger partial charge in [-0.3, -0.25) is 0 Å². The van der Waals surface area contributed by atoms with E-state index < -0.39 is 0 Å². The summed E-state index contributed by atoms with van der Waals surface area (Å²) in [6, 6.07) is 22.5. The number of fused-ring (bicyclic) bond motifs is 6. The minimum absolute atomic E-state index is 0. The van der Waals surface area contributed by atoms with Crippen molar-refractivity contribution in [2.45, 2.75) is 60.8 Å². The molecule has 0 atom stereocenters. The van der Waals surface area contributed by atoms with Crippen LogP contribution in [0.15, 0.2) is 60.7 Å². The maximum Gasteiger partial charge on any atom is 0 e. The van der Waals surface area contributed by atoms with Crippen molar-refractivity contribution >= 4 is 0 Å². The van der Waals surface area contributed by atoms with Crippen LogP contribution in [-0.4, -0.2) is 0 Å². The van der Waals surface area contributed by atoms with Crippen molar-refractivity contribution in [1.82, 2.24) is 0 Å². The average Bonchev–Trinajstić information content (AvgIpc) is 3.27. The zero-order valence-electron chi connectivity index (χ0n) is 22.8. The van der Waals surface area contributed by atoms with Gasteiger partial charge in [0.05, 0.1) is 0 Å². The molecule has 5 heteroatoms. The maximum atomic E-state index is 2.43. The van der Waals surface area contributed by atoms with Gasteiger partial charge in [-0.05, 0) is 69.5 Å². The van der Waals surface area contributed by atoms with Crippen molar-refractivity contribution < 1.29 is 164 Å². The summed E-state index contributed by atoms with van der Waals surface area (Å²) in [5.41, 5.74) is 11.7. The van der Waals surface area contributed by atoms with Crippen LogP contribution in [-0.2, 0) is 176 Å². The SMILES string of the molecule is CC.CC.CCC.[CH3-].[CH3-].[Y].[Y].[Y].[Y].[Y].c1ccc2c(c1)Cc1cc3c(cc1-2)Cc1ccccc1-3. The number of hydrogen-bond acceptors (Lipinski definition) is 0. The van der Waals surface area contributed by atoms with E-state index in [-0.39, 0.29) is 178 Å². The molecule has 0 aromatic heterocycles. The van der Waals surface area contributed by atoms with Crippen LogP contribution in [0.3, 0.4) is 0 Å². The van der Waals surface area contributed by atoms with Crippen molar-refractivity contribution in [3.8, 4) is 22.3 Å². The quantitative estimate of drug-likeness (QED) is 0.137. The van der Waals surface area contributed by atoms with Gasteiger partial charge in [-0.2, -0.15) is 0 Å². The minimum Gasteiger partial charge on any atom is -0.358 e. The van der Waals surface area contributed by atoms with E-state index in [0.717, 1.165) is 12.8 Å². The van der Waals surface area contributed by atoms with Crippen LogP contribution in [0.1, 0.15) is 70.2 Å². The monoisotopic (exact) mass is 833 g/mol. The van der Waals surface area contributed by atoms with Gasteiger partial charge in [-0.15, -0.1) is 0 Å². The first-order chi connectivity index (χ1) is 13.3. The Morgan fingerprint density at radius 3 is 1.03 bits per heavy atom. The summed E-state index contributed by atoms with van der Waals surface area (Å²) in [4.78, 5) is 0. The molecule has 173 valence electrons. The van der Waals surface area contributed by atoms with Gasteiger partial charge in [0.15, 0.2) is 0 Å². The predicted molar refractivity (Wildman–Crippen MR) is 134 cm³/mol. The second-order valence-electron chi connectivity index (χ2n) is 6.54. The topological polar surface area (TPSA) is 0 Å². The summed E-state index contributed by atoms with van der Waals surface area (Å²) in [6.45, 7) is 12.2. The number of rotatable bonds is 0. The Hall–Kier alpha value is 3.18. The van der Waals surface area contributed by atoms with Gasteiger partial charge < -0.3 is 14.9 Å². The Morgan fingerprint density at radius 1 is 0.471 bits per heavy atom. The van der Waals surface area contributed by atoms with Crippen LogP contribution < -0.4 is 0 Å². The molecule has 2 aliphatic carbocycles. The molecule has 0 aliphatic heterocycles. The molecule has 0 nitrogen and oxygen atoms in total. The average molecular weight is 833 g/mol. The molecule has 0 spiro atoms. The molecule has 0 N–H and O–H groups in total. The number of benzene rings is 3. The van der Waals surface area contributed by atoms with Crippen molar-refractivity contribution in [2.24, 2.45) is 0 Å². The molecule has 5 radical (unpaired) electrons. The van der Waals surface area contributed by atoms with E-state index in [4.69, 9.17) is 0 Å². The van der Waals surface area contributed by atoms with E-state index in [1.54, 1.807) is 0 Å². The molecule has 0 heterocycles. The molecule has 0 saturated carbocycles. The van der Waals surface area contributed by atoms with E-state index in [2.05, 4.69) is 74.5 Å². The first-order valence-corrected chi connectivity index (χ1v) is 10.6. The largest absolute Gasteiger partial charge is 0.358 e. The van der Waals surface area contributed by atoms with Crippen molar-refractivity contribution in [2.75, 3.05) is 0 Å². The Labute approximate surface area is 337 Å². The zero-order chi connectivity index (χ0) is 19.8. The van der Waals surface area contributed by atoms with Crippen LogP contribution in [0, 0.1) is 14.9 Å². The summed E-state index contributed by atoms with van der Waals surface area (Å²) in [7, 11) is 0. The molecule has 0 unspecified atom stereocenters. The molecule has 3 aromatic carbocycles. The normalized spacial score (nSPS) is 8.88. The molecule has 3 aromatic rings. The summed E-state index contributed by atoms with van der Waals surface area (Å²) in [6.07, 6.45) is 3.42. The van der Waals surface area contributed by atoms with Gasteiger partial charge in [0.1, 0.15) is 0 Å². The zero-order valence-corrected chi connectivity index (χ0v) is 37.0. The van der Waals surface area contributed by atoms with Gasteiger partial charge >= 0.3 is 0 Å². The smallest absolute Gasteiger partial charge is 0 e. The van der Waals surface area contributed by atoms with Crippen LogP contribution >= 0.6 is 0 Å². The predicted octanol–water partition coefficient (Wildman–Crippen LogP) is 9.19. The summed E-state index contributed by atoms with van der Waals surface area (Å²) < 4.78 is 0. The standard InChI is InChI=1S/C20H14.C3H8.2C2H6.2CH3.5Y/c1-3-7-17-13(5-1)9-15-11-20-16(12-19(15)17)10-14-6-2-4-8-18(14)20;1-3-2;2*1-2;;;;;;;/h1-8,11-12H,9-10H2;3H2,1-2H3;2*1-2H3;2*1H3;;;;;/q;;;;2*-1;;;;;. The molecular formula is C29H40Y5-2. The van der Waals surface area contributed by atoms with Crippen molar-refractivity contribution in [3.05, 3.63) is 97.8 Å². The third-order valence-electron chi connectivity index (χ3n) is 4.71. The van der Waals surface area contributed by atoms with Gasteiger partial charge in [-0.1, -0.05) is 96.5 Å². The van der Waals surface area contributed by atoms with Crippen LogP contribution in [0.4, 0.5) is 0 Å². The minimum atomic E-state index is 0. The molecule has 5 rings (SSSR count). The van der Waals surface area contributed by atoms with E-state index >= 15 is 0 Å². The van der Waals surface area contributed by atoms with Gasteiger partial charge in [0.2, 0.25) is 0 Å². The second-order valence-corrected chi connectivity index (χ2v) is 6.54. The van der Waals surface area contributed by atoms with Crippen LogP contribution in [0.25, 0.3) is 22.3 Å². The van der Waals surface area contributed by atoms with Crippen molar-refractivity contribution in [3.63, 3.8) is 0 Å². The molecule has 0 bridgehead atoms. The van der Waals surface area contributed by atoms with Gasteiger partial charge in [-0.25, -0.2) is 0 Å². The molecule has 2 aliphatic rings. The summed E-state index contributed by atoms with van der Waals surface area (Å²) in [5.74, 6) is 0. The fraction of sp³-hybridized carbons (Fsp3) is 0.310. The van der Waals surface area contributed by atoms with Gasteiger partial charge in [0, 0.05) is 164 Å². The summed E-state index contributed by atoms with van der Waals surface area (Å²) in [5, 5.41) is 0. The van der Waals surface area contributed by atoms with E-state index in [1.807, 2.05) is 27.7 Å². The first-order valence-electron chi connectivity index (χ1n) is 10.6. The Morgan fingerprint density at radius 2 is 0.735 bits per heavy atom. The molecule has 0 amide bonds. The summed E-state index contributed by atoms with van der Waals surface area (Å²) >= 11 is 0. The second kappa shape index (κ2) is 27.7. The maximum absolute atomic E-state index is 2.43. The van der Waals surface area contributed by atoms with E-state index in [1.165, 1.54) is 50.9 Å². The third-order valence-corrected chi connectivity index (χ3v) is 4.71. The van der Waals surface area contributed by atoms with Crippen molar-refractivity contribution in [1.29, 1.82) is 0 Å². The fourth-order valence-corrected chi connectivity index (χ4v) is 3.77. The molecule has 0 saturated heterocycles. The number of hydrogen-bond donors (Lipinski definition) is 0. The van der Waals surface area contributed by atoms with Crippen LogP contribution in [0.2, 0.25) is 0 Å². The Balaban J connectivity index is -0.000000129. The third kappa shape index (κ3) is 12.6. The van der Waals surface area contributed by atoms with Crippen LogP contribution in [0.5, 0.6) is 0 Å². The van der Waals surface area contributed by atoms with E-state index in [0.29, 0.717) is 0 Å². The molecular weight excluding hydrogens is 793 g/mol. The van der Waals surface area contributed by atoms with E-state index in [9.17, 15) is 0 Å². The molecule has 0 fully saturated rings. The fourth-order valence-electron chi connectivity index (χ4n) is 3.77. The Bertz CT molecular complexity index is 818. The molecule has 34 heavy (non-hydrogen) atoms.